The van der Waals surface area contributed by atoms with Crippen LogP contribution in [-0.2, 0) is 28.6 Å². The third kappa shape index (κ3) is 11.0. The van der Waals surface area contributed by atoms with Crippen LogP contribution in [0.4, 0.5) is 0 Å². The Balaban J connectivity index is 4.87. The normalized spacial score (nSPS) is 14.8. The minimum atomic E-state index is -0.968. The number of allylic oxidation sites excluding steroid dienone is 5. The van der Waals surface area contributed by atoms with Crippen molar-refractivity contribution in [2.24, 2.45) is 11.8 Å². The summed E-state index contributed by atoms with van der Waals surface area (Å²) in [7, 11) is 4.15. The Morgan fingerprint density at radius 1 is 1.00 bits per heavy atom. The quantitative estimate of drug-likeness (QED) is 0.145. The second-order valence-corrected chi connectivity index (χ2v) is 7.23. The molecule has 6 nitrogen and oxygen atoms in total. The predicted molar refractivity (Wildman–Crippen MR) is 114 cm³/mol. The second kappa shape index (κ2) is 15.0. The Kier molecular flexibility index (Phi) is 14.0. The summed E-state index contributed by atoms with van der Waals surface area (Å²) in [5.41, 5.74) is 1.82. The lowest BCUT2D eigenvalue weighted by Crippen LogP contribution is -2.26. The molecule has 164 valence electrons. The number of hydrogen-bond donors (Lipinski definition) is 0. The van der Waals surface area contributed by atoms with E-state index in [1.54, 1.807) is 13.2 Å². The summed E-state index contributed by atoms with van der Waals surface area (Å²) >= 11 is 5.52. The van der Waals surface area contributed by atoms with Crippen LogP contribution >= 0.6 is 11.6 Å². The topological polar surface area (TPSA) is 78.9 Å². The number of halogens is 1. The van der Waals surface area contributed by atoms with Gasteiger partial charge in [0.1, 0.15) is 0 Å². The first kappa shape index (κ1) is 27.1. The smallest absolute Gasteiger partial charge is 0.320 e. The van der Waals surface area contributed by atoms with E-state index < -0.39 is 17.9 Å². The van der Waals surface area contributed by atoms with Crippen molar-refractivity contribution in [1.82, 2.24) is 0 Å². The molecule has 0 radical (unpaired) electrons. The largest absolute Gasteiger partial charge is 0.468 e. The Morgan fingerprint density at radius 2 is 1.59 bits per heavy atom. The summed E-state index contributed by atoms with van der Waals surface area (Å²) in [5, 5.41) is 0. The van der Waals surface area contributed by atoms with Crippen LogP contribution < -0.4 is 0 Å². The van der Waals surface area contributed by atoms with E-state index in [0.29, 0.717) is 0 Å². The molecule has 0 aromatic carbocycles. The molecular formula is C22H33ClO6. The highest BCUT2D eigenvalue weighted by Gasteiger charge is 2.28. The van der Waals surface area contributed by atoms with E-state index in [2.05, 4.69) is 9.47 Å². The number of rotatable bonds is 13. The van der Waals surface area contributed by atoms with Gasteiger partial charge in [-0.25, -0.2) is 0 Å². The minimum Gasteiger partial charge on any atom is -0.468 e. The van der Waals surface area contributed by atoms with Crippen LogP contribution in [0.5, 0.6) is 0 Å². The van der Waals surface area contributed by atoms with Crippen LogP contribution in [0.1, 0.15) is 40.0 Å². The SMILES string of the molecule is COC(=O)C(C/C(C)=C\C=C\[C@H](C)[C@H](CC/C(C)=C\C(=O)CCl)OC)C(=O)OC. The van der Waals surface area contributed by atoms with Gasteiger partial charge in [-0.1, -0.05) is 36.3 Å². The predicted octanol–water partition coefficient (Wildman–Crippen LogP) is 4.03. The van der Waals surface area contributed by atoms with Crippen molar-refractivity contribution in [3.63, 3.8) is 0 Å². The van der Waals surface area contributed by atoms with Gasteiger partial charge in [-0.15, -0.1) is 11.6 Å². The third-order valence-electron chi connectivity index (χ3n) is 4.54. The minimum absolute atomic E-state index is 0.00713. The lowest BCUT2D eigenvalue weighted by atomic mass is 9.96. The molecule has 29 heavy (non-hydrogen) atoms. The molecule has 0 N–H and O–H groups in total. The molecule has 0 unspecified atom stereocenters. The molecule has 0 aliphatic heterocycles. The van der Waals surface area contributed by atoms with E-state index >= 15 is 0 Å². The summed E-state index contributed by atoms with van der Waals surface area (Å²) in [6.07, 6.45) is 9.06. The van der Waals surface area contributed by atoms with Crippen molar-refractivity contribution in [3.05, 3.63) is 35.5 Å². The van der Waals surface area contributed by atoms with Gasteiger partial charge in [0.05, 0.1) is 26.2 Å². The van der Waals surface area contributed by atoms with Crippen molar-refractivity contribution < 1.29 is 28.6 Å². The highest BCUT2D eigenvalue weighted by atomic mass is 35.5. The summed E-state index contributed by atoms with van der Waals surface area (Å²) in [4.78, 5) is 34.9. The zero-order chi connectivity index (χ0) is 22.4. The lowest BCUT2D eigenvalue weighted by Gasteiger charge is -2.20. The molecule has 0 amide bonds. The van der Waals surface area contributed by atoms with Gasteiger partial charge in [-0.05, 0) is 39.2 Å². The summed E-state index contributed by atoms with van der Waals surface area (Å²) < 4.78 is 14.9. The van der Waals surface area contributed by atoms with Gasteiger partial charge in [0.2, 0.25) is 0 Å². The Labute approximate surface area is 178 Å². The van der Waals surface area contributed by atoms with E-state index in [4.69, 9.17) is 16.3 Å². The zero-order valence-corrected chi connectivity index (χ0v) is 19.0. The molecule has 0 aliphatic carbocycles. The average molecular weight is 429 g/mol. The molecule has 0 aromatic heterocycles. The maximum Gasteiger partial charge on any atom is 0.320 e. The molecule has 0 heterocycles. The fourth-order valence-electron chi connectivity index (χ4n) is 2.81. The average Bonchev–Trinajstić information content (AvgIpc) is 2.70. The Morgan fingerprint density at radius 3 is 2.07 bits per heavy atom. The maximum absolute atomic E-state index is 11.8. The first-order chi connectivity index (χ1) is 13.7. The molecule has 0 aliphatic rings. The fraction of sp³-hybridized carbons (Fsp3) is 0.591. The highest BCUT2D eigenvalue weighted by Crippen LogP contribution is 2.19. The molecular weight excluding hydrogens is 396 g/mol. The fourth-order valence-corrected chi connectivity index (χ4v) is 2.88. The number of ether oxygens (including phenoxy) is 3. The van der Waals surface area contributed by atoms with Crippen LogP contribution in [0.2, 0.25) is 0 Å². The van der Waals surface area contributed by atoms with Crippen molar-refractivity contribution >= 4 is 29.3 Å². The van der Waals surface area contributed by atoms with Gasteiger partial charge in [-0.3, -0.25) is 14.4 Å². The van der Waals surface area contributed by atoms with Crippen LogP contribution in [-0.4, -0.2) is 51.0 Å². The highest BCUT2D eigenvalue weighted by molar-refractivity contribution is 6.29. The monoisotopic (exact) mass is 428 g/mol. The van der Waals surface area contributed by atoms with E-state index in [1.165, 1.54) is 14.2 Å². The molecule has 0 saturated heterocycles. The number of alkyl halides is 1. The molecule has 7 heteroatoms. The van der Waals surface area contributed by atoms with Crippen LogP contribution in [0.15, 0.2) is 35.5 Å². The Hall–Kier alpha value is -1.92. The van der Waals surface area contributed by atoms with E-state index in [9.17, 15) is 14.4 Å². The van der Waals surface area contributed by atoms with Gasteiger partial charge < -0.3 is 14.2 Å². The number of methoxy groups -OCH3 is 3. The van der Waals surface area contributed by atoms with E-state index in [0.717, 1.165) is 24.0 Å². The number of esters is 2. The Bertz CT molecular complexity index is 619. The number of ketones is 1. The molecule has 0 rings (SSSR count). The second-order valence-electron chi connectivity index (χ2n) is 6.96. The molecule has 0 spiro atoms. The number of carbonyl (C=O) groups is 3. The zero-order valence-electron chi connectivity index (χ0n) is 18.2. The first-order valence-corrected chi connectivity index (χ1v) is 10.0. The molecule has 2 atom stereocenters. The first-order valence-electron chi connectivity index (χ1n) is 9.48. The van der Waals surface area contributed by atoms with E-state index in [1.807, 2.05) is 39.0 Å². The lowest BCUT2D eigenvalue weighted by molar-refractivity contribution is -0.158. The van der Waals surface area contributed by atoms with Gasteiger partial charge >= 0.3 is 11.9 Å². The molecule has 0 bridgehead atoms. The van der Waals surface area contributed by atoms with Crippen molar-refractivity contribution in [2.75, 3.05) is 27.2 Å². The molecule has 0 fully saturated rings. The number of hydrogen-bond acceptors (Lipinski definition) is 6. The summed E-state index contributed by atoms with van der Waals surface area (Å²) in [5.74, 6) is -2.16. The van der Waals surface area contributed by atoms with Crippen LogP contribution in [0.3, 0.4) is 0 Å². The van der Waals surface area contributed by atoms with Crippen LogP contribution in [0.25, 0.3) is 0 Å². The summed E-state index contributed by atoms with van der Waals surface area (Å²) in [6, 6.07) is 0. The third-order valence-corrected chi connectivity index (χ3v) is 4.81. The van der Waals surface area contributed by atoms with E-state index in [-0.39, 0.29) is 30.1 Å². The van der Waals surface area contributed by atoms with Gasteiger partial charge in [0, 0.05) is 13.0 Å². The van der Waals surface area contributed by atoms with Crippen molar-refractivity contribution in [2.45, 2.75) is 46.1 Å². The van der Waals surface area contributed by atoms with Gasteiger partial charge in [0.25, 0.3) is 0 Å². The number of carbonyl (C=O) groups excluding carboxylic acids is 3. The molecule has 0 aromatic rings. The summed E-state index contributed by atoms with van der Waals surface area (Å²) in [6.45, 7) is 5.79. The standard InChI is InChI=1S/C22H33ClO6/c1-15(13-19(21(25)28-5)22(26)29-6)8-7-9-17(3)20(27-4)11-10-16(2)12-18(24)14-23/h7-9,12,17,19-20H,10-11,13-14H2,1-6H3/b9-7+,15-8-,16-12-/t17-,20-/m0/s1. The van der Waals surface area contributed by atoms with Gasteiger partial charge in [-0.2, -0.15) is 0 Å². The van der Waals surface area contributed by atoms with Crippen molar-refractivity contribution in [1.29, 1.82) is 0 Å². The van der Waals surface area contributed by atoms with Gasteiger partial charge in [0.15, 0.2) is 11.7 Å². The van der Waals surface area contributed by atoms with Crippen molar-refractivity contribution in [3.8, 4) is 0 Å². The molecule has 0 saturated carbocycles. The van der Waals surface area contributed by atoms with Crippen LogP contribution in [0, 0.1) is 11.8 Å². The maximum atomic E-state index is 11.8.